The van der Waals surface area contributed by atoms with Crippen molar-refractivity contribution in [1.82, 2.24) is 5.32 Å². The molecule has 1 fully saturated rings. The summed E-state index contributed by atoms with van der Waals surface area (Å²) in [6.45, 7) is 3.93. The molecule has 1 aromatic rings. The molecular formula is C14H21ClN2O. The minimum atomic E-state index is -0.396. The van der Waals surface area contributed by atoms with Crippen LogP contribution < -0.4 is 11.1 Å². The van der Waals surface area contributed by atoms with Crippen LogP contribution in [-0.4, -0.2) is 18.0 Å². The summed E-state index contributed by atoms with van der Waals surface area (Å²) in [6.07, 6.45) is 1.03. The summed E-state index contributed by atoms with van der Waals surface area (Å²) in [5, 5.41) is 3.02. The minimum Gasteiger partial charge on any atom is -0.351 e. The van der Waals surface area contributed by atoms with Crippen molar-refractivity contribution in [2.45, 2.75) is 38.3 Å². The number of amides is 1. The highest BCUT2D eigenvalue weighted by molar-refractivity contribution is 5.85. The molecule has 1 aromatic carbocycles. The predicted octanol–water partition coefficient (Wildman–Crippen LogP) is 2.06. The van der Waals surface area contributed by atoms with Gasteiger partial charge in [-0.25, -0.2) is 0 Å². The summed E-state index contributed by atoms with van der Waals surface area (Å²) in [5.41, 5.74) is 7.11. The van der Waals surface area contributed by atoms with Crippen molar-refractivity contribution in [3.8, 4) is 0 Å². The van der Waals surface area contributed by atoms with Crippen molar-refractivity contribution in [1.29, 1.82) is 0 Å². The molecule has 0 heterocycles. The van der Waals surface area contributed by atoms with Gasteiger partial charge in [0.05, 0.1) is 6.04 Å². The zero-order valence-corrected chi connectivity index (χ0v) is 11.6. The highest BCUT2D eigenvalue weighted by Crippen LogP contribution is 2.40. The van der Waals surface area contributed by atoms with E-state index in [0.717, 1.165) is 6.42 Å². The van der Waals surface area contributed by atoms with Crippen molar-refractivity contribution in [3.63, 3.8) is 0 Å². The lowest BCUT2D eigenvalue weighted by atomic mass is 10.0. The minimum absolute atomic E-state index is 0. The molecular weight excluding hydrogens is 248 g/mol. The number of halogens is 1. The standard InChI is InChI=1S/C14H20N2O.ClH/c1-9(2)13(15)14(17)16-12-8-11(12)10-6-4-3-5-7-10;/h3-7,9,11-13H,8,15H2,1-2H3,(H,16,17);1H/t11?,12?,13-;/m0./s1. The van der Waals surface area contributed by atoms with Crippen LogP contribution in [0.2, 0.25) is 0 Å². The first-order valence-corrected chi connectivity index (χ1v) is 6.20. The van der Waals surface area contributed by atoms with Crippen LogP contribution in [0.25, 0.3) is 0 Å². The van der Waals surface area contributed by atoms with Gasteiger partial charge in [-0.1, -0.05) is 44.2 Å². The molecule has 2 unspecified atom stereocenters. The van der Waals surface area contributed by atoms with E-state index in [2.05, 4.69) is 17.4 Å². The quantitative estimate of drug-likeness (QED) is 0.878. The Morgan fingerprint density at radius 2 is 1.94 bits per heavy atom. The van der Waals surface area contributed by atoms with Crippen LogP contribution >= 0.6 is 12.4 Å². The van der Waals surface area contributed by atoms with Gasteiger partial charge < -0.3 is 11.1 Å². The lowest BCUT2D eigenvalue weighted by Crippen LogP contribution is -2.45. The van der Waals surface area contributed by atoms with Gasteiger partial charge in [-0.2, -0.15) is 0 Å². The number of nitrogens with two attached hydrogens (primary N) is 1. The molecule has 1 aliphatic rings. The summed E-state index contributed by atoms with van der Waals surface area (Å²) < 4.78 is 0. The smallest absolute Gasteiger partial charge is 0.237 e. The third-order valence-electron chi connectivity index (χ3n) is 3.37. The first kappa shape index (κ1) is 15.0. The molecule has 3 nitrogen and oxygen atoms in total. The normalized spacial score (nSPS) is 23.1. The highest BCUT2D eigenvalue weighted by atomic mass is 35.5. The van der Waals surface area contributed by atoms with Gasteiger partial charge in [0.2, 0.25) is 5.91 Å². The fraction of sp³-hybridized carbons (Fsp3) is 0.500. The summed E-state index contributed by atoms with van der Waals surface area (Å²) in [5.74, 6) is 0.631. The molecule has 0 aliphatic heterocycles. The Kier molecular flexibility index (Phi) is 5.17. The van der Waals surface area contributed by atoms with Crippen LogP contribution in [0.1, 0.15) is 31.7 Å². The number of carbonyl (C=O) groups is 1. The molecule has 18 heavy (non-hydrogen) atoms. The van der Waals surface area contributed by atoms with Crippen LogP contribution in [0.4, 0.5) is 0 Å². The zero-order chi connectivity index (χ0) is 12.4. The molecule has 0 saturated heterocycles. The van der Waals surface area contributed by atoms with E-state index < -0.39 is 6.04 Å². The molecule has 2 rings (SSSR count). The van der Waals surface area contributed by atoms with Crippen LogP contribution in [0.15, 0.2) is 30.3 Å². The number of hydrogen-bond donors (Lipinski definition) is 2. The van der Waals surface area contributed by atoms with Crippen molar-refractivity contribution < 1.29 is 4.79 Å². The molecule has 0 bridgehead atoms. The Morgan fingerprint density at radius 3 is 2.50 bits per heavy atom. The number of carbonyl (C=O) groups excluding carboxylic acids is 1. The van der Waals surface area contributed by atoms with E-state index in [1.165, 1.54) is 5.56 Å². The largest absolute Gasteiger partial charge is 0.351 e. The molecule has 3 N–H and O–H groups in total. The zero-order valence-electron chi connectivity index (χ0n) is 10.8. The Labute approximate surface area is 115 Å². The van der Waals surface area contributed by atoms with Crippen LogP contribution in [0.5, 0.6) is 0 Å². The third kappa shape index (κ3) is 3.47. The number of rotatable bonds is 4. The first-order chi connectivity index (χ1) is 8.09. The third-order valence-corrected chi connectivity index (χ3v) is 3.37. The lowest BCUT2D eigenvalue weighted by molar-refractivity contribution is -0.123. The van der Waals surface area contributed by atoms with Crippen LogP contribution in [0, 0.1) is 5.92 Å². The van der Waals surface area contributed by atoms with E-state index in [9.17, 15) is 4.79 Å². The maximum atomic E-state index is 11.8. The fourth-order valence-corrected chi connectivity index (χ4v) is 2.00. The average molecular weight is 269 g/mol. The Morgan fingerprint density at radius 1 is 1.33 bits per heavy atom. The summed E-state index contributed by atoms with van der Waals surface area (Å²) >= 11 is 0. The summed E-state index contributed by atoms with van der Waals surface area (Å²) in [7, 11) is 0. The maximum absolute atomic E-state index is 11.8. The van der Waals surface area contributed by atoms with Crippen LogP contribution in [0.3, 0.4) is 0 Å². The molecule has 0 radical (unpaired) electrons. The average Bonchev–Trinajstić information content (AvgIpc) is 3.08. The van der Waals surface area contributed by atoms with Crippen molar-refractivity contribution >= 4 is 18.3 Å². The summed E-state index contributed by atoms with van der Waals surface area (Å²) in [6, 6.07) is 10.2. The van der Waals surface area contributed by atoms with Gasteiger partial charge in [0.15, 0.2) is 0 Å². The Balaban J connectivity index is 0.00000162. The number of hydrogen-bond acceptors (Lipinski definition) is 2. The van der Waals surface area contributed by atoms with E-state index in [0.29, 0.717) is 5.92 Å². The fourth-order valence-electron chi connectivity index (χ4n) is 2.00. The molecule has 1 saturated carbocycles. The van der Waals surface area contributed by atoms with E-state index >= 15 is 0 Å². The van der Waals surface area contributed by atoms with Crippen LogP contribution in [-0.2, 0) is 4.79 Å². The van der Waals surface area contributed by atoms with E-state index in [1.54, 1.807) is 0 Å². The second-order valence-corrected chi connectivity index (χ2v) is 5.14. The second kappa shape index (κ2) is 6.21. The van der Waals surface area contributed by atoms with Gasteiger partial charge in [-0.05, 0) is 17.9 Å². The van der Waals surface area contributed by atoms with Gasteiger partial charge in [0, 0.05) is 12.0 Å². The van der Waals surface area contributed by atoms with Crippen molar-refractivity contribution in [2.75, 3.05) is 0 Å². The van der Waals surface area contributed by atoms with Gasteiger partial charge in [0.25, 0.3) is 0 Å². The molecule has 1 amide bonds. The topological polar surface area (TPSA) is 55.1 Å². The number of nitrogens with one attached hydrogen (secondary N) is 1. The molecule has 3 atom stereocenters. The Bertz CT molecular complexity index is 394. The van der Waals surface area contributed by atoms with Gasteiger partial charge >= 0.3 is 0 Å². The summed E-state index contributed by atoms with van der Waals surface area (Å²) in [4.78, 5) is 11.8. The molecule has 0 spiro atoms. The van der Waals surface area contributed by atoms with Crippen molar-refractivity contribution in [2.24, 2.45) is 11.7 Å². The number of benzene rings is 1. The maximum Gasteiger partial charge on any atom is 0.237 e. The first-order valence-electron chi connectivity index (χ1n) is 6.20. The van der Waals surface area contributed by atoms with E-state index in [1.807, 2.05) is 32.0 Å². The second-order valence-electron chi connectivity index (χ2n) is 5.14. The highest BCUT2D eigenvalue weighted by Gasteiger charge is 2.40. The predicted molar refractivity (Wildman–Crippen MR) is 75.8 cm³/mol. The monoisotopic (exact) mass is 268 g/mol. The van der Waals surface area contributed by atoms with E-state index in [-0.39, 0.29) is 30.3 Å². The lowest BCUT2D eigenvalue weighted by Gasteiger charge is -2.15. The van der Waals surface area contributed by atoms with Crippen molar-refractivity contribution in [3.05, 3.63) is 35.9 Å². The molecule has 0 aromatic heterocycles. The SMILES string of the molecule is CC(C)[C@H](N)C(=O)NC1CC1c1ccccc1.Cl. The Hall–Kier alpha value is -1.06. The molecule has 4 heteroatoms. The van der Waals surface area contributed by atoms with Gasteiger partial charge in [0.1, 0.15) is 0 Å². The molecule has 1 aliphatic carbocycles. The van der Waals surface area contributed by atoms with Gasteiger partial charge in [-0.3, -0.25) is 4.79 Å². The van der Waals surface area contributed by atoms with Gasteiger partial charge in [-0.15, -0.1) is 12.4 Å². The van der Waals surface area contributed by atoms with E-state index in [4.69, 9.17) is 5.73 Å². The molecule has 100 valence electrons.